The lowest BCUT2D eigenvalue weighted by Gasteiger charge is -2.12. The topological polar surface area (TPSA) is 47.6 Å². The standard InChI is InChI=1S/C21H22ClNO3/c1-3-5-10-26-19-9-6-14(12-20(19)25-4-2)11-17-16-13-15(22)7-8-18(16)23-21(17)24/h6-9,11-13H,3-5,10H2,1-2H3,(H,23,24)/b17-11+. The van der Waals surface area contributed by atoms with E-state index in [-0.39, 0.29) is 5.91 Å². The quantitative estimate of drug-likeness (QED) is 0.523. The lowest BCUT2D eigenvalue weighted by molar-refractivity contribution is -0.110. The second-order valence-electron chi connectivity index (χ2n) is 6.04. The summed E-state index contributed by atoms with van der Waals surface area (Å²) in [5, 5.41) is 3.46. The number of carbonyl (C=O) groups excluding carboxylic acids is 1. The molecule has 0 saturated heterocycles. The van der Waals surface area contributed by atoms with Crippen molar-refractivity contribution in [3.05, 3.63) is 52.5 Å². The molecule has 5 heteroatoms. The van der Waals surface area contributed by atoms with Crippen molar-refractivity contribution in [2.45, 2.75) is 26.7 Å². The van der Waals surface area contributed by atoms with Gasteiger partial charge in [0.1, 0.15) is 0 Å². The maximum Gasteiger partial charge on any atom is 0.256 e. The number of nitrogens with one attached hydrogen (secondary N) is 1. The average molecular weight is 372 g/mol. The Kier molecular flexibility index (Phi) is 5.84. The first kappa shape index (κ1) is 18.3. The second kappa shape index (κ2) is 8.28. The summed E-state index contributed by atoms with van der Waals surface area (Å²) >= 11 is 6.08. The summed E-state index contributed by atoms with van der Waals surface area (Å²) in [6.07, 6.45) is 3.91. The Morgan fingerprint density at radius 3 is 2.69 bits per heavy atom. The number of rotatable bonds is 7. The molecular weight excluding hydrogens is 350 g/mol. The molecule has 3 rings (SSSR count). The zero-order valence-corrected chi connectivity index (χ0v) is 15.7. The zero-order chi connectivity index (χ0) is 18.5. The number of benzene rings is 2. The van der Waals surface area contributed by atoms with Crippen molar-refractivity contribution >= 4 is 34.8 Å². The summed E-state index contributed by atoms with van der Waals surface area (Å²) in [5.41, 5.74) is 3.04. The molecule has 1 aliphatic rings. The van der Waals surface area contributed by atoms with Crippen LogP contribution in [0.2, 0.25) is 5.02 Å². The molecule has 0 aromatic heterocycles. The van der Waals surface area contributed by atoms with Gasteiger partial charge >= 0.3 is 0 Å². The fourth-order valence-electron chi connectivity index (χ4n) is 2.80. The Bertz CT molecular complexity index is 845. The molecule has 0 aliphatic carbocycles. The molecule has 0 radical (unpaired) electrons. The molecule has 1 heterocycles. The summed E-state index contributed by atoms with van der Waals surface area (Å²) in [7, 11) is 0. The summed E-state index contributed by atoms with van der Waals surface area (Å²) in [6.45, 7) is 5.26. The van der Waals surface area contributed by atoms with Crippen molar-refractivity contribution in [2.24, 2.45) is 0 Å². The highest BCUT2D eigenvalue weighted by Gasteiger charge is 2.24. The van der Waals surface area contributed by atoms with Crippen molar-refractivity contribution in [1.82, 2.24) is 0 Å². The normalized spacial score (nSPS) is 14.3. The van der Waals surface area contributed by atoms with E-state index >= 15 is 0 Å². The summed E-state index contributed by atoms with van der Waals surface area (Å²) in [5.74, 6) is 1.27. The largest absolute Gasteiger partial charge is 0.490 e. The third-order valence-corrected chi connectivity index (χ3v) is 4.33. The number of hydrogen-bond acceptors (Lipinski definition) is 3. The van der Waals surface area contributed by atoms with E-state index in [9.17, 15) is 4.79 Å². The molecule has 0 atom stereocenters. The van der Waals surface area contributed by atoms with Crippen LogP contribution in [-0.4, -0.2) is 19.1 Å². The fraction of sp³-hybridized carbons (Fsp3) is 0.286. The van der Waals surface area contributed by atoms with Gasteiger partial charge in [0.25, 0.3) is 5.91 Å². The molecule has 0 saturated carbocycles. The van der Waals surface area contributed by atoms with Crippen LogP contribution < -0.4 is 14.8 Å². The third kappa shape index (κ3) is 4.02. The minimum absolute atomic E-state index is 0.136. The molecule has 4 nitrogen and oxygen atoms in total. The van der Waals surface area contributed by atoms with Crippen molar-refractivity contribution in [1.29, 1.82) is 0 Å². The van der Waals surface area contributed by atoms with E-state index < -0.39 is 0 Å². The van der Waals surface area contributed by atoms with Gasteiger partial charge in [-0.1, -0.05) is 31.0 Å². The van der Waals surface area contributed by atoms with Crippen molar-refractivity contribution in [2.75, 3.05) is 18.5 Å². The molecule has 136 valence electrons. The molecule has 26 heavy (non-hydrogen) atoms. The lowest BCUT2D eigenvalue weighted by atomic mass is 10.0. The SMILES string of the molecule is CCCCOc1ccc(/C=C2/C(=O)Nc3ccc(Cl)cc32)cc1OCC. The van der Waals surface area contributed by atoms with E-state index in [1.165, 1.54) is 0 Å². The summed E-state index contributed by atoms with van der Waals surface area (Å²) < 4.78 is 11.5. The number of carbonyl (C=O) groups is 1. The van der Waals surface area contributed by atoms with Crippen LogP contribution in [0.15, 0.2) is 36.4 Å². The third-order valence-electron chi connectivity index (χ3n) is 4.10. The number of fused-ring (bicyclic) bond motifs is 1. The fourth-order valence-corrected chi connectivity index (χ4v) is 2.97. The highest BCUT2D eigenvalue weighted by molar-refractivity contribution is 6.36. The molecule has 0 fully saturated rings. The first-order valence-electron chi connectivity index (χ1n) is 8.85. The molecule has 2 aromatic carbocycles. The van der Waals surface area contributed by atoms with Gasteiger partial charge in [-0.15, -0.1) is 0 Å². The van der Waals surface area contributed by atoms with Gasteiger partial charge in [0.05, 0.1) is 13.2 Å². The Balaban J connectivity index is 1.92. The van der Waals surface area contributed by atoms with Gasteiger partial charge in [-0.3, -0.25) is 4.79 Å². The van der Waals surface area contributed by atoms with Crippen LogP contribution in [0.4, 0.5) is 5.69 Å². The van der Waals surface area contributed by atoms with E-state index in [1.807, 2.05) is 37.3 Å². The van der Waals surface area contributed by atoms with E-state index in [1.54, 1.807) is 12.1 Å². The highest BCUT2D eigenvalue weighted by atomic mass is 35.5. The van der Waals surface area contributed by atoms with Gasteiger partial charge in [0, 0.05) is 21.8 Å². The first-order chi connectivity index (χ1) is 12.6. The molecular formula is C21H22ClNO3. The molecule has 1 N–H and O–H groups in total. The van der Waals surface area contributed by atoms with Gasteiger partial charge in [-0.05, 0) is 55.3 Å². The molecule has 0 unspecified atom stereocenters. The number of amides is 1. The van der Waals surface area contributed by atoms with E-state index in [4.69, 9.17) is 21.1 Å². The minimum Gasteiger partial charge on any atom is -0.490 e. The van der Waals surface area contributed by atoms with Crippen molar-refractivity contribution < 1.29 is 14.3 Å². The van der Waals surface area contributed by atoms with E-state index in [2.05, 4.69) is 12.2 Å². The number of halogens is 1. The van der Waals surface area contributed by atoms with Crippen LogP contribution in [0.25, 0.3) is 11.6 Å². The Morgan fingerprint density at radius 1 is 1.08 bits per heavy atom. The molecule has 1 aliphatic heterocycles. The van der Waals surface area contributed by atoms with E-state index in [0.717, 1.165) is 35.4 Å². The Morgan fingerprint density at radius 2 is 1.92 bits per heavy atom. The minimum atomic E-state index is -0.136. The predicted octanol–water partition coefficient (Wildman–Crippen LogP) is 5.41. The van der Waals surface area contributed by atoms with E-state index in [0.29, 0.717) is 29.6 Å². The van der Waals surface area contributed by atoms with Gasteiger partial charge in [0.15, 0.2) is 11.5 Å². The van der Waals surface area contributed by atoms with Gasteiger partial charge in [-0.2, -0.15) is 0 Å². The van der Waals surface area contributed by atoms with Crippen LogP contribution >= 0.6 is 11.6 Å². The maximum atomic E-state index is 12.3. The maximum absolute atomic E-state index is 12.3. The Hall–Kier alpha value is -2.46. The Labute approximate surface area is 158 Å². The molecule has 1 amide bonds. The summed E-state index contributed by atoms with van der Waals surface area (Å²) in [6, 6.07) is 11.1. The molecule has 0 bridgehead atoms. The number of hydrogen-bond donors (Lipinski definition) is 1. The van der Waals surface area contributed by atoms with Crippen LogP contribution in [0.3, 0.4) is 0 Å². The predicted molar refractivity (Wildman–Crippen MR) is 106 cm³/mol. The van der Waals surface area contributed by atoms with Crippen molar-refractivity contribution in [3.8, 4) is 11.5 Å². The molecule has 2 aromatic rings. The first-order valence-corrected chi connectivity index (χ1v) is 9.22. The number of unbranched alkanes of at least 4 members (excludes halogenated alkanes) is 1. The summed E-state index contributed by atoms with van der Waals surface area (Å²) in [4.78, 5) is 12.3. The molecule has 0 spiro atoms. The van der Waals surface area contributed by atoms with Crippen LogP contribution in [0, 0.1) is 0 Å². The lowest BCUT2D eigenvalue weighted by Crippen LogP contribution is -2.03. The monoisotopic (exact) mass is 371 g/mol. The highest BCUT2D eigenvalue weighted by Crippen LogP contribution is 2.36. The van der Waals surface area contributed by atoms with Crippen LogP contribution in [0.1, 0.15) is 37.8 Å². The van der Waals surface area contributed by atoms with Gasteiger partial charge in [-0.25, -0.2) is 0 Å². The van der Waals surface area contributed by atoms with Crippen molar-refractivity contribution in [3.63, 3.8) is 0 Å². The zero-order valence-electron chi connectivity index (χ0n) is 15.0. The van der Waals surface area contributed by atoms with Crippen LogP contribution in [0.5, 0.6) is 11.5 Å². The van der Waals surface area contributed by atoms with Gasteiger partial charge < -0.3 is 14.8 Å². The number of anilines is 1. The smallest absolute Gasteiger partial charge is 0.256 e. The van der Waals surface area contributed by atoms with Crippen LogP contribution in [-0.2, 0) is 4.79 Å². The second-order valence-corrected chi connectivity index (χ2v) is 6.48. The number of ether oxygens (including phenoxy) is 2. The van der Waals surface area contributed by atoms with Gasteiger partial charge in [0.2, 0.25) is 0 Å². The average Bonchev–Trinajstić information content (AvgIpc) is 2.92.